The van der Waals surface area contributed by atoms with E-state index in [1.807, 2.05) is 53.9 Å². The minimum Gasteiger partial charge on any atom is -0.486 e. The summed E-state index contributed by atoms with van der Waals surface area (Å²) in [6.07, 6.45) is 3.14. The van der Waals surface area contributed by atoms with E-state index in [2.05, 4.69) is 10.4 Å². The second-order valence-corrected chi connectivity index (χ2v) is 8.53. The van der Waals surface area contributed by atoms with Crippen LogP contribution in [0.2, 0.25) is 0 Å². The van der Waals surface area contributed by atoms with Crippen molar-refractivity contribution in [1.82, 2.24) is 9.78 Å². The van der Waals surface area contributed by atoms with Gasteiger partial charge in [-0.2, -0.15) is 10.4 Å². The molecule has 0 bridgehead atoms. The van der Waals surface area contributed by atoms with Gasteiger partial charge in [0.2, 0.25) is 0 Å². The zero-order valence-corrected chi connectivity index (χ0v) is 19.4. The van der Waals surface area contributed by atoms with Crippen molar-refractivity contribution in [2.75, 3.05) is 18.5 Å². The molecule has 0 fully saturated rings. The first kappa shape index (κ1) is 22.8. The van der Waals surface area contributed by atoms with Crippen molar-refractivity contribution < 1.29 is 19.2 Å². The summed E-state index contributed by atoms with van der Waals surface area (Å²) in [5.74, 6) is -0.313. The zero-order valence-electron chi connectivity index (χ0n) is 18.6. The van der Waals surface area contributed by atoms with E-state index >= 15 is 0 Å². The normalized spacial score (nSPS) is 12.6. The number of thiophene rings is 1. The molecular formula is C25H17N5O5S. The number of rotatable bonds is 6. The monoisotopic (exact) mass is 499 g/mol. The van der Waals surface area contributed by atoms with Crippen LogP contribution in [-0.4, -0.2) is 33.8 Å². The van der Waals surface area contributed by atoms with E-state index in [9.17, 15) is 20.2 Å². The molecule has 5 rings (SSSR count). The van der Waals surface area contributed by atoms with Gasteiger partial charge in [-0.3, -0.25) is 14.9 Å². The van der Waals surface area contributed by atoms with Gasteiger partial charge in [0.25, 0.3) is 11.6 Å². The highest BCUT2D eigenvalue weighted by Gasteiger charge is 2.25. The highest BCUT2D eigenvalue weighted by Crippen LogP contribution is 2.39. The molecule has 1 aliphatic heterocycles. The smallest absolute Gasteiger partial charge is 0.296 e. The van der Waals surface area contributed by atoms with Crippen LogP contribution in [0.1, 0.15) is 5.56 Å². The Bertz CT molecular complexity index is 1520. The summed E-state index contributed by atoms with van der Waals surface area (Å²) in [4.78, 5) is 24.9. The fraction of sp³-hybridized carbons (Fsp3) is 0.0800. The first-order valence-corrected chi connectivity index (χ1v) is 11.6. The third-order valence-corrected chi connectivity index (χ3v) is 6.16. The number of amides is 1. The Balaban J connectivity index is 1.51. The standard InChI is InChI=1S/C25H17N5O5S/c26-14-16(25(31)27-19-12-21-22(35-9-8-34-21)13-20(19)30(32)33)11-17-15-29(18-5-2-1-3-6-18)28-24(17)23-7-4-10-36-23/h1-7,10-13,15H,8-9H2,(H,27,31)/b16-11+. The number of aromatic nitrogens is 2. The van der Waals surface area contributed by atoms with E-state index in [4.69, 9.17) is 9.47 Å². The molecule has 0 spiro atoms. The summed E-state index contributed by atoms with van der Waals surface area (Å²) >= 11 is 1.47. The van der Waals surface area contributed by atoms with Crippen molar-refractivity contribution in [3.8, 4) is 33.8 Å². The fourth-order valence-electron chi connectivity index (χ4n) is 3.63. The van der Waals surface area contributed by atoms with Gasteiger partial charge in [0.15, 0.2) is 11.5 Å². The number of nitriles is 1. The van der Waals surface area contributed by atoms with Crippen LogP contribution in [-0.2, 0) is 4.79 Å². The van der Waals surface area contributed by atoms with Crippen LogP contribution in [0.25, 0.3) is 22.3 Å². The number of ether oxygens (including phenoxy) is 2. The number of benzene rings is 2. The Morgan fingerprint density at radius 2 is 1.92 bits per heavy atom. The third-order valence-electron chi connectivity index (χ3n) is 5.29. The Hall–Kier alpha value is -4.95. The summed E-state index contributed by atoms with van der Waals surface area (Å²) in [6.45, 7) is 0.541. The predicted molar refractivity (Wildman–Crippen MR) is 133 cm³/mol. The fourth-order valence-corrected chi connectivity index (χ4v) is 4.36. The van der Waals surface area contributed by atoms with E-state index in [0.717, 1.165) is 10.6 Å². The lowest BCUT2D eigenvalue weighted by Crippen LogP contribution is -2.18. The molecule has 2 aromatic heterocycles. The zero-order chi connectivity index (χ0) is 25.1. The molecule has 3 heterocycles. The van der Waals surface area contributed by atoms with Crippen molar-refractivity contribution >= 4 is 34.7 Å². The number of nitrogens with one attached hydrogen (secondary N) is 1. The number of carbonyl (C=O) groups is 1. The Labute approximate surface area is 208 Å². The van der Waals surface area contributed by atoms with Crippen LogP contribution >= 0.6 is 11.3 Å². The number of nitrogens with zero attached hydrogens (tertiary/aromatic N) is 4. The van der Waals surface area contributed by atoms with Crippen molar-refractivity contribution in [3.05, 3.63) is 87.4 Å². The topological polar surface area (TPSA) is 132 Å². The molecule has 36 heavy (non-hydrogen) atoms. The molecule has 11 heteroatoms. The summed E-state index contributed by atoms with van der Waals surface area (Å²) in [6, 6.07) is 17.6. The summed E-state index contributed by atoms with van der Waals surface area (Å²) in [7, 11) is 0. The lowest BCUT2D eigenvalue weighted by Gasteiger charge is -2.19. The number of nitro groups is 1. The van der Waals surface area contributed by atoms with Gasteiger partial charge in [-0.15, -0.1) is 11.3 Å². The molecule has 0 saturated heterocycles. The van der Waals surface area contributed by atoms with Crippen molar-refractivity contribution in [2.24, 2.45) is 0 Å². The third kappa shape index (κ3) is 4.53. The molecule has 2 aromatic carbocycles. The first-order chi connectivity index (χ1) is 17.5. The number of nitro benzene ring substituents is 1. The minimum absolute atomic E-state index is 0.103. The highest BCUT2D eigenvalue weighted by molar-refractivity contribution is 7.13. The van der Waals surface area contributed by atoms with Crippen LogP contribution in [0.5, 0.6) is 11.5 Å². The van der Waals surface area contributed by atoms with E-state index in [0.29, 0.717) is 11.3 Å². The summed E-state index contributed by atoms with van der Waals surface area (Å²) in [5, 5.41) is 30.4. The molecule has 1 amide bonds. The molecule has 4 aromatic rings. The second kappa shape index (κ2) is 9.73. The van der Waals surface area contributed by atoms with Crippen molar-refractivity contribution in [1.29, 1.82) is 5.26 Å². The Kier molecular flexibility index (Phi) is 6.17. The van der Waals surface area contributed by atoms with Gasteiger partial charge in [0.05, 0.1) is 21.6 Å². The molecule has 178 valence electrons. The molecule has 10 nitrogen and oxygen atoms in total. The van der Waals surface area contributed by atoms with Gasteiger partial charge < -0.3 is 14.8 Å². The number of para-hydroxylation sites is 1. The van der Waals surface area contributed by atoms with Crippen molar-refractivity contribution in [2.45, 2.75) is 0 Å². The van der Waals surface area contributed by atoms with E-state index < -0.39 is 10.8 Å². The average molecular weight is 500 g/mol. The maximum Gasteiger partial charge on any atom is 0.296 e. The lowest BCUT2D eigenvalue weighted by atomic mass is 10.1. The minimum atomic E-state index is -0.804. The van der Waals surface area contributed by atoms with Crippen LogP contribution in [0.15, 0.2) is 71.7 Å². The maximum absolute atomic E-state index is 13.0. The van der Waals surface area contributed by atoms with Gasteiger partial charge in [-0.05, 0) is 29.7 Å². The van der Waals surface area contributed by atoms with Gasteiger partial charge in [0, 0.05) is 17.8 Å². The molecule has 1 aliphatic rings. The number of hydrogen-bond acceptors (Lipinski definition) is 8. The number of hydrogen-bond donors (Lipinski definition) is 1. The molecule has 0 atom stereocenters. The van der Waals surface area contributed by atoms with Crippen LogP contribution in [0, 0.1) is 21.4 Å². The molecule has 0 unspecified atom stereocenters. The largest absolute Gasteiger partial charge is 0.486 e. The number of carbonyl (C=O) groups excluding carboxylic acids is 1. The van der Waals surface area contributed by atoms with E-state index in [1.54, 1.807) is 10.9 Å². The SMILES string of the molecule is N#C/C(=C\c1cn(-c2ccccc2)nc1-c1cccs1)C(=O)Nc1cc2c(cc1[N+](=O)[O-])OCCO2. The highest BCUT2D eigenvalue weighted by atomic mass is 32.1. The Morgan fingerprint density at radius 3 is 2.58 bits per heavy atom. The predicted octanol–water partition coefficient (Wildman–Crippen LogP) is 4.83. The average Bonchev–Trinajstić information content (AvgIpc) is 3.57. The number of anilines is 1. The van der Waals surface area contributed by atoms with Crippen LogP contribution in [0.4, 0.5) is 11.4 Å². The summed E-state index contributed by atoms with van der Waals surface area (Å²) in [5.41, 5.74) is 1.23. The van der Waals surface area contributed by atoms with Gasteiger partial charge in [0.1, 0.15) is 36.2 Å². The molecule has 0 saturated carbocycles. The molecule has 1 N–H and O–H groups in total. The van der Waals surface area contributed by atoms with Gasteiger partial charge in [-0.1, -0.05) is 24.3 Å². The van der Waals surface area contributed by atoms with Gasteiger partial charge >= 0.3 is 0 Å². The maximum atomic E-state index is 13.0. The van der Waals surface area contributed by atoms with Crippen LogP contribution in [0.3, 0.4) is 0 Å². The molecule has 0 aliphatic carbocycles. The second-order valence-electron chi connectivity index (χ2n) is 7.58. The molecular weight excluding hydrogens is 482 g/mol. The number of fused-ring (bicyclic) bond motifs is 1. The summed E-state index contributed by atoms with van der Waals surface area (Å²) < 4.78 is 12.5. The first-order valence-electron chi connectivity index (χ1n) is 10.7. The molecule has 0 radical (unpaired) electrons. The lowest BCUT2D eigenvalue weighted by molar-refractivity contribution is -0.384. The van der Waals surface area contributed by atoms with E-state index in [-0.39, 0.29) is 41.7 Å². The van der Waals surface area contributed by atoms with E-state index in [1.165, 1.54) is 29.5 Å². The quantitative estimate of drug-likeness (QED) is 0.174. The van der Waals surface area contributed by atoms with Crippen LogP contribution < -0.4 is 14.8 Å². The van der Waals surface area contributed by atoms with Crippen molar-refractivity contribution in [3.63, 3.8) is 0 Å². The van der Waals surface area contributed by atoms with Gasteiger partial charge in [-0.25, -0.2) is 4.68 Å². The Morgan fingerprint density at radius 1 is 1.17 bits per heavy atom.